The van der Waals surface area contributed by atoms with Gasteiger partial charge >= 0.3 is 0 Å². The summed E-state index contributed by atoms with van der Waals surface area (Å²) in [7, 11) is -2.51. The van der Waals surface area contributed by atoms with E-state index in [-0.39, 0.29) is 15.4 Å². The van der Waals surface area contributed by atoms with Gasteiger partial charge in [-0.2, -0.15) is 5.26 Å². The second-order valence-electron chi connectivity index (χ2n) is 6.65. The number of halogens is 1. The van der Waals surface area contributed by atoms with Crippen molar-refractivity contribution in [3.8, 4) is 17.6 Å². The van der Waals surface area contributed by atoms with E-state index in [0.717, 1.165) is 0 Å². The number of sulfone groups is 1. The summed E-state index contributed by atoms with van der Waals surface area (Å²) in [5.41, 5.74) is 1.51. The molecule has 0 aromatic heterocycles. The van der Waals surface area contributed by atoms with Gasteiger partial charge in [-0.25, -0.2) is 8.42 Å². The summed E-state index contributed by atoms with van der Waals surface area (Å²) in [5, 5.41) is 10.3. The number of nitrogens with zero attached hydrogens (tertiary/aromatic N) is 1. The third-order valence-electron chi connectivity index (χ3n) is 4.79. The Bertz CT molecular complexity index is 1350. The van der Waals surface area contributed by atoms with Crippen LogP contribution in [0, 0.1) is 11.3 Å². The summed E-state index contributed by atoms with van der Waals surface area (Å²) in [5.74, 6) is 1.57. The summed E-state index contributed by atoms with van der Waals surface area (Å²) in [4.78, 5) is -0.374. The van der Waals surface area contributed by atoms with Gasteiger partial charge in [0.1, 0.15) is 23.3 Å². The molecule has 5 nitrogen and oxygen atoms in total. The fraction of sp³-hybridized carbons (Fsp3) is 0.0417. The van der Waals surface area contributed by atoms with Gasteiger partial charge < -0.3 is 9.47 Å². The predicted octanol–water partition coefficient (Wildman–Crippen LogP) is 5.49. The maximum absolute atomic E-state index is 13.3. The van der Waals surface area contributed by atoms with Crippen LogP contribution in [0.5, 0.6) is 11.5 Å². The van der Waals surface area contributed by atoms with E-state index in [4.69, 9.17) is 21.1 Å². The Kier molecular flexibility index (Phi) is 5.55. The molecule has 0 atom stereocenters. The lowest BCUT2D eigenvalue weighted by Crippen LogP contribution is -2.10. The topological polar surface area (TPSA) is 76.4 Å². The van der Waals surface area contributed by atoms with Crippen molar-refractivity contribution >= 4 is 32.8 Å². The molecule has 0 aliphatic carbocycles. The highest BCUT2D eigenvalue weighted by atomic mass is 35.5. The van der Waals surface area contributed by atoms with Crippen LogP contribution in [0.2, 0.25) is 5.02 Å². The fourth-order valence-corrected chi connectivity index (χ4v) is 4.65. The Hall–Kier alpha value is -3.53. The van der Waals surface area contributed by atoms with Crippen LogP contribution in [-0.4, -0.2) is 15.5 Å². The lowest BCUT2D eigenvalue weighted by molar-refractivity contribution is 0.414. The molecular formula is C24H16ClNO4S. The quantitative estimate of drug-likeness (QED) is 0.492. The first kappa shape index (κ1) is 20.7. The van der Waals surface area contributed by atoms with Gasteiger partial charge in [0.15, 0.2) is 4.91 Å². The highest BCUT2D eigenvalue weighted by molar-refractivity contribution is 7.95. The van der Waals surface area contributed by atoms with Crippen molar-refractivity contribution in [2.45, 2.75) is 4.90 Å². The molecule has 4 rings (SSSR count). The molecule has 7 heteroatoms. The van der Waals surface area contributed by atoms with Crippen LogP contribution in [0.25, 0.3) is 11.3 Å². The molecule has 1 aliphatic rings. The normalized spacial score (nSPS) is 14.5. The molecule has 0 N–H and O–H groups in total. The van der Waals surface area contributed by atoms with E-state index in [9.17, 15) is 13.7 Å². The Morgan fingerprint density at radius 2 is 1.68 bits per heavy atom. The average Bonchev–Trinajstić information content (AvgIpc) is 2.79. The minimum absolute atomic E-state index is 0.00989. The highest BCUT2D eigenvalue weighted by Gasteiger charge is 2.29. The summed E-state index contributed by atoms with van der Waals surface area (Å²) in [6.07, 6.45) is 1.58. The second-order valence-corrected chi connectivity index (χ2v) is 8.97. The molecule has 0 saturated heterocycles. The van der Waals surface area contributed by atoms with Crippen LogP contribution in [0.15, 0.2) is 88.7 Å². The number of hydrogen-bond acceptors (Lipinski definition) is 5. The van der Waals surface area contributed by atoms with E-state index in [1.54, 1.807) is 61.7 Å². The standard InChI is InChI=1S/C24H16ClNO4S/c1-29-18-10-6-16(7-11-18)23-14-21(20-4-2-3-5-22(20)30-23)24(15-26)31(27,28)19-12-8-17(25)9-13-19/h2-14H,1H3/b24-21+. The lowest BCUT2D eigenvalue weighted by atomic mass is 9.99. The minimum atomic E-state index is -4.09. The zero-order chi connectivity index (χ0) is 22.0. The number of hydrogen-bond donors (Lipinski definition) is 0. The number of nitriles is 1. The molecule has 0 fully saturated rings. The van der Waals surface area contributed by atoms with Gasteiger partial charge in [-0.05, 0) is 60.7 Å². The van der Waals surface area contributed by atoms with Crippen LogP contribution < -0.4 is 9.47 Å². The van der Waals surface area contributed by atoms with Gasteiger partial charge in [0.25, 0.3) is 0 Å². The zero-order valence-electron chi connectivity index (χ0n) is 16.4. The van der Waals surface area contributed by atoms with Crippen molar-refractivity contribution in [3.05, 3.63) is 99.9 Å². The molecular weight excluding hydrogens is 434 g/mol. The van der Waals surface area contributed by atoms with Crippen molar-refractivity contribution in [2.24, 2.45) is 0 Å². The Labute approximate surface area is 185 Å². The van der Waals surface area contributed by atoms with Crippen LogP contribution in [0.3, 0.4) is 0 Å². The van der Waals surface area contributed by atoms with Crippen molar-refractivity contribution in [1.29, 1.82) is 5.26 Å². The van der Waals surface area contributed by atoms with E-state index in [0.29, 0.717) is 33.4 Å². The van der Waals surface area contributed by atoms with Gasteiger partial charge in [0, 0.05) is 21.7 Å². The fourth-order valence-electron chi connectivity index (χ4n) is 3.22. The average molecular weight is 450 g/mol. The van der Waals surface area contributed by atoms with Crippen LogP contribution in [0.4, 0.5) is 0 Å². The number of allylic oxidation sites excluding steroid dienone is 3. The largest absolute Gasteiger partial charge is 0.497 e. The highest BCUT2D eigenvalue weighted by Crippen LogP contribution is 2.40. The molecule has 154 valence electrons. The summed E-state index contributed by atoms with van der Waals surface area (Å²) >= 11 is 5.89. The second kappa shape index (κ2) is 8.31. The van der Waals surface area contributed by atoms with Crippen molar-refractivity contribution in [1.82, 2.24) is 0 Å². The molecule has 0 bridgehead atoms. The molecule has 0 radical (unpaired) electrons. The Morgan fingerprint density at radius 3 is 2.32 bits per heavy atom. The van der Waals surface area contributed by atoms with Crippen LogP contribution >= 0.6 is 11.6 Å². The van der Waals surface area contributed by atoms with E-state index in [2.05, 4.69) is 0 Å². The number of benzene rings is 3. The van der Waals surface area contributed by atoms with E-state index < -0.39 is 9.84 Å². The first-order valence-electron chi connectivity index (χ1n) is 9.22. The van der Waals surface area contributed by atoms with Gasteiger partial charge in [0.2, 0.25) is 9.84 Å². The monoisotopic (exact) mass is 449 g/mol. The summed E-state index contributed by atoms with van der Waals surface area (Å²) in [6.45, 7) is 0. The van der Waals surface area contributed by atoms with Gasteiger partial charge in [-0.1, -0.05) is 29.8 Å². The Balaban J connectivity index is 1.93. The smallest absolute Gasteiger partial charge is 0.217 e. The van der Waals surface area contributed by atoms with E-state index >= 15 is 0 Å². The number of fused-ring (bicyclic) bond motifs is 1. The predicted molar refractivity (Wildman–Crippen MR) is 119 cm³/mol. The van der Waals surface area contributed by atoms with Gasteiger partial charge in [-0.15, -0.1) is 0 Å². The van der Waals surface area contributed by atoms with Gasteiger partial charge in [-0.3, -0.25) is 0 Å². The minimum Gasteiger partial charge on any atom is -0.497 e. The maximum Gasteiger partial charge on any atom is 0.217 e. The third kappa shape index (κ3) is 3.93. The third-order valence-corrected chi connectivity index (χ3v) is 6.78. The number of para-hydroxylation sites is 1. The first-order valence-corrected chi connectivity index (χ1v) is 11.1. The number of methoxy groups -OCH3 is 1. The van der Waals surface area contributed by atoms with E-state index in [1.807, 2.05) is 6.07 Å². The SMILES string of the molecule is COc1ccc(C2=C/C(=C(/C#N)S(=O)(=O)c3ccc(Cl)cc3)c3ccccc3O2)cc1. The number of rotatable bonds is 4. The van der Waals surface area contributed by atoms with Crippen LogP contribution in [0.1, 0.15) is 11.1 Å². The molecule has 3 aromatic rings. The summed E-state index contributed by atoms with van der Waals surface area (Å²) in [6, 6.07) is 21.8. The lowest BCUT2D eigenvalue weighted by Gasteiger charge is -2.21. The molecule has 0 spiro atoms. The van der Waals surface area contributed by atoms with Crippen molar-refractivity contribution < 1.29 is 17.9 Å². The molecule has 0 saturated carbocycles. The summed E-state index contributed by atoms with van der Waals surface area (Å²) < 4.78 is 37.8. The molecule has 3 aromatic carbocycles. The molecule has 1 heterocycles. The number of ether oxygens (including phenoxy) is 2. The van der Waals surface area contributed by atoms with Gasteiger partial charge in [0.05, 0.1) is 12.0 Å². The molecule has 1 aliphatic heterocycles. The Morgan fingerprint density at radius 1 is 1.00 bits per heavy atom. The molecule has 0 amide bonds. The maximum atomic E-state index is 13.3. The molecule has 31 heavy (non-hydrogen) atoms. The van der Waals surface area contributed by atoms with Crippen LogP contribution in [-0.2, 0) is 9.84 Å². The zero-order valence-corrected chi connectivity index (χ0v) is 17.9. The van der Waals surface area contributed by atoms with Crippen molar-refractivity contribution in [2.75, 3.05) is 7.11 Å². The molecule has 0 unspecified atom stereocenters. The first-order chi connectivity index (χ1) is 14.9. The van der Waals surface area contributed by atoms with E-state index in [1.165, 1.54) is 24.3 Å². The van der Waals surface area contributed by atoms with Crippen molar-refractivity contribution in [3.63, 3.8) is 0 Å².